The van der Waals surface area contributed by atoms with E-state index in [1.54, 1.807) is 11.1 Å². The van der Waals surface area contributed by atoms with Gasteiger partial charge < -0.3 is 19.9 Å². The minimum atomic E-state index is -0.271. The first kappa shape index (κ1) is 19.5. The molecule has 1 aliphatic heterocycles. The van der Waals surface area contributed by atoms with Crippen molar-refractivity contribution in [1.82, 2.24) is 20.2 Å². The Morgan fingerprint density at radius 2 is 2.00 bits per heavy atom. The van der Waals surface area contributed by atoms with Crippen molar-refractivity contribution in [2.24, 2.45) is 0 Å². The molecule has 1 saturated heterocycles. The molecule has 0 spiro atoms. The van der Waals surface area contributed by atoms with Crippen LogP contribution < -0.4 is 5.32 Å². The quantitative estimate of drug-likeness (QED) is 0.661. The molecule has 2 atom stereocenters. The maximum atomic E-state index is 13.0. The molecule has 2 aromatic carbocycles. The number of morpholine rings is 1. The minimum absolute atomic E-state index is 0.0894. The second-order valence-corrected chi connectivity index (χ2v) is 7.49. The zero-order chi connectivity index (χ0) is 20.2. The molecule has 0 bridgehead atoms. The standard InChI is InChI=1S/C22H23ClN4O2/c1-15(16-5-3-2-4-6-16)25-22(28)27-11-12-29-14-20(27)21-24-13-19(26-21)17-7-9-18(23)10-8-17/h2-10,13,15,20H,11-12,14H2,1H3,(H,24,26)(H,25,28)/t15-,20+/m1/s1. The first-order chi connectivity index (χ1) is 14.1. The van der Waals surface area contributed by atoms with Gasteiger partial charge in [0, 0.05) is 11.6 Å². The van der Waals surface area contributed by atoms with Crippen LogP contribution in [0.5, 0.6) is 0 Å². The number of H-pyrrole nitrogens is 1. The smallest absolute Gasteiger partial charge is 0.318 e. The van der Waals surface area contributed by atoms with Gasteiger partial charge >= 0.3 is 6.03 Å². The fourth-order valence-electron chi connectivity index (χ4n) is 3.45. The summed E-state index contributed by atoms with van der Waals surface area (Å²) in [6, 6.07) is 17.0. The van der Waals surface area contributed by atoms with Crippen LogP contribution in [0.3, 0.4) is 0 Å². The van der Waals surface area contributed by atoms with E-state index < -0.39 is 0 Å². The van der Waals surface area contributed by atoms with Crippen molar-refractivity contribution < 1.29 is 9.53 Å². The SMILES string of the molecule is C[C@@H](NC(=O)N1CCOC[C@H]1c1ncc(-c2ccc(Cl)cc2)[nH]1)c1ccccc1. The molecule has 0 radical (unpaired) electrons. The molecule has 2 amide bonds. The predicted molar refractivity (Wildman–Crippen MR) is 113 cm³/mol. The van der Waals surface area contributed by atoms with Gasteiger partial charge in [0.15, 0.2) is 0 Å². The minimum Gasteiger partial charge on any atom is -0.377 e. The summed E-state index contributed by atoms with van der Waals surface area (Å²) in [5.74, 6) is 0.706. The summed E-state index contributed by atoms with van der Waals surface area (Å²) < 4.78 is 5.64. The molecule has 2 N–H and O–H groups in total. The number of rotatable bonds is 4. The molecule has 29 heavy (non-hydrogen) atoms. The molecule has 0 unspecified atom stereocenters. The van der Waals surface area contributed by atoms with Crippen molar-refractivity contribution in [3.05, 3.63) is 77.2 Å². The maximum Gasteiger partial charge on any atom is 0.318 e. The van der Waals surface area contributed by atoms with E-state index in [1.807, 2.05) is 61.5 Å². The Bertz CT molecular complexity index is 958. The van der Waals surface area contributed by atoms with Crippen LogP contribution in [0.25, 0.3) is 11.3 Å². The molecular formula is C22H23ClN4O2. The third kappa shape index (κ3) is 4.44. The van der Waals surface area contributed by atoms with Gasteiger partial charge in [-0.3, -0.25) is 0 Å². The number of nitrogens with one attached hydrogen (secondary N) is 2. The largest absolute Gasteiger partial charge is 0.377 e. The lowest BCUT2D eigenvalue weighted by molar-refractivity contribution is 0.00840. The Morgan fingerprint density at radius 1 is 1.24 bits per heavy atom. The Morgan fingerprint density at radius 3 is 2.76 bits per heavy atom. The summed E-state index contributed by atoms with van der Waals surface area (Å²) in [6.45, 7) is 3.40. The maximum absolute atomic E-state index is 13.0. The number of nitrogens with zero attached hydrogens (tertiary/aromatic N) is 2. The van der Waals surface area contributed by atoms with Crippen LogP contribution in [0.2, 0.25) is 5.02 Å². The van der Waals surface area contributed by atoms with Crippen molar-refractivity contribution in [2.75, 3.05) is 19.8 Å². The molecule has 0 aliphatic carbocycles. The number of aromatic nitrogens is 2. The topological polar surface area (TPSA) is 70.2 Å². The molecule has 3 aromatic rings. The second-order valence-electron chi connectivity index (χ2n) is 7.05. The van der Waals surface area contributed by atoms with Crippen LogP contribution in [0, 0.1) is 0 Å². The molecule has 7 heteroatoms. The van der Waals surface area contributed by atoms with Crippen molar-refractivity contribution in [2.45, 2.75) is 19.0 Å². The van der Waals surface area contributed by atoms with E-state index >= 15 is 0 Å². The highest BCUT2D eigenvalue weighted by Gasteiger charge is 2.31. The van der Waals surface area contributed by atoms with Gasteiger partial charge in [-0.05, 0) is 30.2 Å². The number of carbonyl (C=O) groups excluding carboxylic acids is 1. The normalized spacial score (nSPS) is 17.7. The molecule has 1 aromatic heterocycles. The van der Waals surface area contributed by atoms with Crippen LogP contribution in [-0.4, -0.2) is 40.7 Å². The van der Waals surface area contributed by atoms with Crippen molar-refractivity contribution in [3.63, 3.8) is 0 Å². The van der Waals surface area contributed by atoms with Crippen molar-refractivity contribution >= 4 is 17.6 Å². The number of halogens is 1. The highest BCUT2D eigenvalue weighted by molar-refractivity contribution is 6.30. The molecule has 2 heterocycles. The number of aromatic amines is 1. The lowest BCUT2D eigenvalue weighted by Gasteiger charge is -2.35. The molecule has 4 rings (SSSR count). The lowest BCUT2D eigenvalue weighted by Crippen LogP contribution is -2.48. The van der Waals surface area contributed by atoms with E-state index in [1.165, 1.54) is 0 Å². The number of carbonyl (C=O) groups is 1. The number of ether oxygens (including phenoxy) is 1. The average molecular weight is 411 g/mol. The van der Waals surface area contributed by atoms with Gasteiger partial charge in [-0.2, -0.15) is 0 Å². The predicted octanol–water partition coefficient (Wildman–Crippen LogP) is 4.57. The van der Waals surface area contributed by atoms with Gasteiger partial charge in [0.2, 0.25) is 0 Å². The Hall–Kier alpha value is -2.83. The Balaban J connectivity index is 1.50. The molecule has 0 saturated carbocycles. The number of amides is 2. The summed E-state index contributed by atoms with van der Waals surface area (Å²) >= 11 is 5.97. The van der Waals surface area contributed by atoms with Gasteiger partial charge in [-0.1, -0.05) is 54.1 Å². The average Bonchev–Trinajstić information content (AvgIpc) is 3.25. The van der Waals surface area contributed by atoms with Crippen LogP contribution in [0.4, 0.5) is 4.79 Å². The van der Waals surface area contributed by atoms with Crippen LogP contribution >= 0.6 is 11.6 Å². The molecule has 150 valence electrons. The first-order valence-corrected chi connectivity index (χ1v) is 10.0. The van der Waals surface area contributed by atoms with Gasteiger partial charge in [0.1, 0.15) is 11.9 Å². The molecule has 1 aliphatic rings. The van der Waals surface area contributed by atoms with Crippen molar-refractivity contribution in [1.29, 1.82) is 0 Å². The number of urea groups is 1. The van der Waals surface area contributed by atoms with Gasteiger partial charge in [0.25, 0.3) is 0 Å². The molecular weight excluding hydrogens is 388 g/mol. The van der Waals surface area contributed by atoms with Gasteiger partial charge in [0.05, 0.1) is 31.1 Å². The Kier molecular flexibility index (Phi) is 5.83. The van der Waals surface area contributed by atoms with E-state index in [2.05, 4.69) is 15.3 Å². The summed E-state index contributed by atoms with van der Waals surface area (Å²) in [5, 5.41) is 3.77. The van der Waals surface area contributed by atoms with E-state index in [-0.39, 0.29) is 18.1 Å². The Labute approximate surface area is 174 Å². The molecule has 6 nitrogen and oxygen atoms in total. The van der Waals surface area contributed by atoms with E-state index in [4.69, 9.17) is 16.3 Å². The lowest BCUT2D eigenvalue weighted by atomic mass is 10.1. The van der Waals surface area contributed by atoms with Crippen LogP contribution in [0.1, 0.15) is 30.4 Å². The summed E-state index contributed by atoms with van der Waals surface area (Å²) in [4.78, 5) is 22.6. The van der Waals surface area contributed by atoms with E-state index in [0.29, 0.717) is 30.6 Å². The third-order valence-electron chi connectivity index (χ3n) is 5.10. The van der Waals surface area contributed by atoms with E-state index in [0.717, 1.165) is 16.8 Å². The zero-order valence-corrected chi connectivity index (χ0v) is 16.9. The number of benzene rings is 2. The number of hydrogen-bond donors (Lipinski definition) is 2. The summed E-state index contributed by atoms with van der Waals surface area (Å²) in [5.41, 5.74) is 2.92. The fraction of sp³-hybridized carbons (Fsp3) is 0.273. The highest BCUT2D eigenvalue weighted by atomic mass is 35.5. The van der Waals surface area contributed by atoms with E-state index in [9.17, 15) is 4.79 Å². The van der Waals surface area contributed by atoms with Gasteiger partial charge in [-0.15, -0.1) is 0 Å². The van der Waals surface area contributed by atoms with Crippen LogP contribution in [-0.2, 0) is 4.74 Å². The van der Waals surface area contributed by atoms with Crippen LogP contribution in [0.15, 0.2) is 60.8 Å². The third-order valence-corrected chi connectivity index (χ3v) is 5.35. The summed E-state index contributed by atoms with van der Waals surface area (Å²) in [7, 11) is 0. The van der Waals surface area contributed by atoms with Crippen molar-refractivity contribution in [3.8, 4) is 11.3 Å². The summed E-state index contributed by atoms with van der Waals surface area (Å²) in [6.07, 6.45) is 1.77. The fourth-order valence-corrected chi connectivity index (χ4v) is 3.57. The monoisotopic (exact) mass is 410 g/mol. The highest BCUT2D eigenvalue weighted by Crippen LogP contribution is 2.26. The van der Waals surface area contributed by atoms with Gasteiger partial charge in [-0.25, -0.2) is 9.78 Å². The second kappa shape index (κ2) is 8.68. The number of hydrogen-bond acceptors (Lipinski definition) is 3. The zero-order valence-electron chi connectivity index (χ0n) is 16.1. The molecule has 1 fully saturated rings. The first-order valence-electron chi connectivity index (χ1n) is 9.62. The number of imidazole rings is 1.